The first-order chi connectivity index (χ1) is 14.5. The van der Waals surface area contributed by atoms with Crippen molar-refractivity contribution in [3.8, 4) is 0 Å². The fourth-order valence-corrected chi connectivity index (χ4v) is 5.51. The predicted molar refractivity (Wildman–Crippen MR) is 118 cm³/mol. The van der Waals surface area contributed by atoms with Crippen LogP contribution in [0.2, 0.25) is 0 Å². The minimum Gasteiger partial charge on any atom is -0.469 e. The van der Waals surface area contributed by atoms with Gasteiger partial charge >= 0.3 is 12.0 Å². The second-order valence-corrected chi connectivity index (χ2v) is 9.20. The van der Waals surface area contributed by atoms with E-state index in [9.17, 15) is 9.59 Å². The Morgan fingerprint density at radius 3 is 2.50 bits per heavy atom. The Morgan fingerprint density at radius 2 is 1.77 bits per heavy atom. The lowest BCUT2D eigenvalue weighted by Crippen LogP contribution is -2.52. The maximum atomic E-state index is 13.5. The molecule has 0 radical (unpaired) electrons. The molecule has 3 aliphatic rings. The SMILES string of the molecule is COC(=O)CCC1(N2CCN(c3ccc4c(c3)CCN(C)CC4)C2=O)CCCCC1. The fourth-order valence-electron chi connectivity index (χ4n) is 5.51. The van der Waals surface area contributed by atoms with Crippen LogP contribution in [0, 0.1) is 0 Å². The Kier molecular flexibility index (Phi) is 6.32. The number of nitrogens with zero attached hydrogens (tertiary/aromatic N) is 3. The molecule has 164 valence electrons. The highest BCUT2D eigenvalue weighted by Crippen LogP contribution is 2.40. The average molecular weight is 414 g/mol. The molecule has 0 spiro atoms. The van der Waals surface area contributed by atoms with Gasteiger partial charge in [-0.1, -0.05) is 25.3 Å². The molecule has 0 aromatic heterocycles. The van der Waals surface area contributed by atoms with E-state index in [1.807, 2.05) is 4.90 Å². The van der Waals surface area contributed by atoms with E-state index in [0.29, 0.717) is 12.8 Å². The molecule has 2 amide bonds. The number of amides is 2. The Bertz CT molecular complexity index is 788. The van der Waals surface area contributed by atoms with Crippen LogP contribution in [0.4, 0.5) is 10.5 Å². The highest BCUT2D eigenvalue weighted by atomic mass is 16.5. The lowest BCUT2D eigenvalue weighted by atomic mass is 9.77. The van der Waals surface area contributed by atoms with Crippen LogP contribution < -0.4 is 4.90 Å². The van der Waals surface area contributed by atoms with Crippen molar-refractivity contribution in [1.82, 2.24) is 9.80 Å². The molecule has 1 aromatic carbocycles. The zero-order chi connectivity index (χ0) is 21.1. The van der Waals surface area contributed by atoms with Crippen molar-refractivity contribution in [3.63, 3.8) is 0 Å². The highest BCUT2D eigenvalue weighted by molar-refractivity contribution is 5.95. The molecule has 0 N–H and O–H groups in total. The summed E-state index contributed by atoms with van der Waals surface area (Å²) in [5.41, 5.74) is 3.60. The Labute approximate surface area is 180 Å². The summed E-state index contributed by atoms with van der Waals surface area (Å²) in [4.78, 5) is 31.8. The summed E-state index contributed by atoms with van der Waals surface area (Å²) in [6, 6.07) is 6.67. The monoisotopic (exact) mass is 413 g/mol. The van der Waals surface area contributed by atoms with Crippen molar-refractivity contribution in [2.45, 2.75) is 63.3 Å². The molecule has 1 aromatic rings. The van der Waals surface area contributed by atoms with Crippen LogP contribution in [-0.2, 0) is 22.4 Å². The zero-order valence-electron chi connectivity index (χ0n) is 18.5. The number of fused-ring (bicyclic) bond motifs is 1. The highest BCUT2D eigenvalue weighted by Gasteiger charge is 2.45. The number of hydrogen-bond acceptors (Lipinski definition) is 4. The van der Waals surface area contributed by atoms with Gasteiger partial charge in [-0.05, 0) is 62.4 Å². The summed E-state index contributed by atoms with van der Waals surface area (Å²) in [7, 11) is 3.61. The molecular weight excluding hydrogens is 378 g/mol. The molecule has 2 aliphatic heterocycles. The number of rotatable bonds is 5. The third-order valence-electron chi connectivity index (χ3n) is 7.42. The van der Waals surface area contributed by atoms with Crippen molar-refractivity contribution in [2.24, 2.45) is 0 Å². The van der Waals surface area contributed by atoms with Crippen LogP contribution in [0.5, 0.6) is 0 Å². The molecule has 4 rings (SSSR count). The number of hydrogen-bond donors (Lipinski definition) is 0. The van der Waals surface area contributed by atoms with Crippen molar-refractivity contribution in [3.05, 3.63) is 29.3 Å². The maximum absolute atomic E-state index is 13.5. The Morgan fingerprint density at radius 1 is 1.03 bits per heavy atom. The number of carbonyl (C=O) groups excluding carboxylic acids is 2. The second kappa shape index (κ2) is 8.96. The molecule has 0 unspecified atom stereocenters. The van der Waals surface area contributed by atoms with Gasteiger partial charge in [-0.15, -0.1) is 0 Å². The fraction of sp³-hybridized carbons (Fsp3) is 0.667. The first kappa shape index (κ1) is 21.2. The third kappa shape index (κ3) is 4.20. The Balaban J connectivity index is 1.53. The molecule has 1 aliphatic carbocycles. The quantitative estimate of drug-likeness (QED) is 0.692. The summed E-state index contributed by atoms with van der Waals surface area (Å²) < 4.78 is 4.88. The van der Waals surface area contributed by atoms with Crippen LogP contribution in [0.1, 0.15) is 56.1 Å². The van der Waals surface area contributed by atoms with Crippen molar-refractivity contribution in [1.29, 1.82) is 0 Å². The van der Waals surface area contributed by atoms with E-state index >= 15 is 0 Å². The van der Waals surface area contributed by atoms with Gasteiger partial charge in [-0.2, -0.15) is 0 Å². The molecule has 2 fully saturated rings. The van der Waals surface area contributed by atoms with Gasteiger partial charge in [-0.3, -0.25) is 9.69 Å². The summed E-state index contributed by atoms with van der Waals surface area (Å²) in [6.45, 7) is 3.61. The van der Waals surface area contributed by atoms with Gasteiger partial charge in [0, 0.05) is 43.8 Å². The first-order valence-electron chi connectivity index (χ1n) is 11.5. The molecule has 6 nitrogen and oxygen atoms in total. The van der Waals surface area contributed by atoms with Gasteiger partial charge in [0.15, 0.2) is 0 Å². The van der Waals surface area contributed by atoms with Crippen molar-refractivity contribution >= 4 is 17.7 Å². The van der Waals surface area contributed by atoms with E-state index in [4.69, 9.17) is 4.74 Å². The average Bonchev–Trinajstić information content (AvgIpc) is 3.07. The van der Waals surface area contributed by atoms with Crippen molar-refractivity contribution in [2.75, 3.05) is 45.2 Å². The van der Waals surface area contributed by atoms with E-state index in [-0.39, 0.29) is 17.5 Å². The Hall–Kier alpha value is -2.08. The number of likely N-dealkylation sites (N-methyl/N-ethyl adjacent to an activating group) is 1. The van der Waals surface area contributed by atoms with Gasteiger partial charge in [0.2, 0.25) is 0 Å². The topological polar surface area (TPSA) is 53.1 Å². The summed E-state index contributed by atoms with van der Waals surface area (Å²) in [5, 5.41) is 0. The smallest absolute Gasteiger partial charge is 0.325 e. The van der Waals surface area contributed by atoms with Gasteiger partial charge in [0.1, 0.15) is 0 Å². The number of anilines is 1. The largest absolute Gasteiger partial charge is 0.469 e. The number of benzene rings is 1. The number of methoxy groups -OCH3 is 1. The molecular formula is C24H35N3O3. The zero-order valence-corrected chi connectivity index (χ0v) is 18.5. The van der Waals surface area contributed by atoms with E-state index in [1.54, 1.807) is 0 Å². The van der Waals surface area contributed by atoms with E-state index < -0.39 is 0 Å². The van der Waals surface area contributed by atoms with Gasteiger partial charge in [0.25, 0.3) is 0 Å². The minimum atomic E-state index is -0.202. The molecule has 30 heavy (non-hydrogen) atoms. The predicted octanol–water partition coefficient (Wildman–Crippen LogP) is 3.62. The number of esters is 1. The van der Waals surface area contributed by atoms with Gasteiger partial charge in [0.05, 0.1) is 7.11 Å². The number of urea groups is 1. The van der Waals surface area contributed by atoms with Crippen LogP contribution >= 0.6 is 0 Å². The van der Waals surface area contributed by atoms with E-state index in [1.165, 1.54) is 24.7 Å². The minimum absolute atomic E-state index is 0.104. The summed E-state index contributed by atoms with van der Waals surface area (Å²) in [6.07, 6.45) is 8.62. The van der Waals surface area contributed by atoms with E-state index in [2.05, 4.69) is 35.0 Å². The van der Waals surface area contributed by atoms with E-state index in [0.717, 1.165) is 70.4 Å². The molecule has 1 saturated heterocycles. The molecule has 0 bridgehead atoms. The number of carbonyl (C=O) groups is 2. The maximum Gasteiger partial charge on any atom is 0.325 e. The summed E-state index contributed by atoms with van der Waals surface area (Å²) in [5.74, 6) is -0.181. The second-order valence-electron chi connectivity index (χ2n) is 9.20. The molecule has 2 heterocycles. The van der Waals surface area contributed by atoms with Crippen LogP contribution in [-0.4, -0.2) is 67.7 Å². The number of ether oxygens (including phenoxy) is 1. The third-order valence-corrected chi connectivity index (χ3v) is 7.42. The molecule has 0 atom stereocenters. The lowest BCUT2D eigenvalue weighted by molar-refractivity contribution is -0.141. The molecule has 1 saturated carbocycles. The van der Waals surface area contributed by atoms with Gasteiger partial charge in [-0.25, -0.2) is 4.79 Å². The standard InChI is InChI=1S/C24H35N3O3/c1-25-14-9-19-6-7-21(18-20(19)10-15-25)26-16-17-27(23(26)29)24(11-4-3-5-12-24)13-8-22(28)30-2/h6-7,18H,3-5,8-17H2,1-2H3. The summed E-state index contributed by atoms with van der Waals surface area (Å²) >= 11 is 0. The van der Waals surface area contributed by atoms with Crippen LogP contribution in [0.15, 0.2) is 18.2 Å². The van der Waals surface area contributed by atoms with Crippen LogP contribution in [0.25, 0.3) is 0 Å². The first-order valence-corrected chi connectivity index (χ1v) is 11.5. The normalized spacial score (nSPS) is 22.0. The van der Waals surface area contributed by atoms with Gasteiger partial charge < -0.3 is 14.5 Å². The van der Waals surface area contributed by atoms with Crippen LogP contribution in [0.3, 0.4) is 0 Å². The van der Waals surface area contributed by atoms with Crippen molar-refractivity contribution < 1.29 is 14.3 Å². The lowest BCUT2D eigenvalue weighted by Gasteiger charge is -2.44. The molecule has 6 heteroatoms.